The summed E-state index contributed by atoms with van der Waals surface area (Å²) in [4.78, 5) is 22.2. The molecule has 0 saturated carbocycles. The van der Waals surface area contributed by atoms with Gasteiger partial charge in [-0.2, -0.15) is 0 Å². The summed E-state index contributed by atoms with van der Waals surface area (Å²) < 4.78 is 0. The van der Waals surface area contributed by atoms with Gasteiger partial charge in [-0.1, -0.05) is 32.9 Å². The van der Waals surface area contributed by atoms with Crippen molar-refractivity contribution in [3.05, 3.63) is 69.8 Å². The fourth-order valence-corrected chi connectivity index (χ4v) is 1.99. The van der Waals surface area contributed by atoms with Crippen LogP contribution < -0.4 is 5.32 Å². The lowest BCUT2D eigenvalue weighted by Crippen LogP contribution is -2.13. The Labute approximate surface area is 129 Å². The standard InChI is InChI=1S/C17H18N2O3/c1-17(2,3)13-6-8-14(9-7-13)18-16(20)12-4-10-15(11-5-12)19(21)22/h4-11H,1-3H3,(H,18,20). The third-order valence-corrected chi connectivity index (χ3v) is 3.35. The number of nitrogens with zero attached hydrogens (tertiary/aromatic N) is 1. The van der Waals surface area contributed by atoms with Gasteiger partial charge in [0.05, 0.1) is 4.92 Å². The van der Waals surface area contributed by atoms with Crippen LogP contribution >= 0.6 is 0 Å². The number of carbonyl (C=O) groups is 1. The van der Waals surface area contributed by atoms with Crippen molar-refractivity contribution < 1.29 is 9.72 Å². The van der Waals surface area contributed by atoms with Gasteiger partial charge in [0, 0.05) is 23.4 Å². The Kier molecular flexibility index (Phi) is 4.26. The quantitative estimate of drug-likeness (QED) is 0.683. The summed E-state index contributed by atoms with van der Waals surface area (Å²) in [6.07, 6.45) is 0. The maximum absolute atomic E-state index is 12.1. The highest BCUT2D eigenvalue weighted by Crippen LogP contribution is 2.23. The largest absolute Gasteiger partial charge is 0.322 e. The topological polar surface area (TPSA) is 72.2 Å². The van der Waals surface area contributed by atoms with Crippen molar-refractivity contribution in [3.63, 3.8) is 0 Å². The Balaban J connectivity index is 2.10. The maximum Gasteiger partial charge on any atom is 0.269 e. The lowest BCUT2D eigenvalue weighted by atomic mass is 9.87. The predicted molar refractivity (Wildman–Crippen MR) is 86.2 cm³/mol. The van der Waals surface area contributed by atoms with E-state index in [0.29, 0.717) is 11.3 Å². The van der Waals surface area contributed by atoms with Crippen LogP contribution in [0.3, 0.4) is 0 Å². The summed E-state index contributed by atoms with van der Waals surface area (Å²) >= 11 is 0. The van der Waals surface area contributed by atoms with Gasteiger partial charge in [-0.25, -0.2) is 0 Å². The third kappa shape index (κ3) is 3.69. The van der Waals surface area contributed by atoms with Gasteiger partial charge in [-0.3, -0.25) is 14.9 Å². The van der Waals surface area contributed by atoms with Crippen LogP contribution in [0.15, 0.2) is 48.5 Å². The number of hydrogen-bond acceptors (Lipinski definition) is 3. The second-order valence-electron chi connectivity index (χ2n) is 6.09. The molecule has 1 N–H and O–H groups in total. The minimum absolute atomic E-state index is 0.0360. The van der Waals surface area contributed by atoms with E-state index in [2.05, 4.69) is 26.1 Å². The molecule has 0 saturated heterocycles. The average Bonchev–Trinajstić information content (AvgIpc) is 2.47. The summed E-state index contributed by atoms with van der Waals surface area (Å²) in [5, 5.41) is 13.4. The van der Waals surface area contributed by atoms with Crippen molar-refractivity contribution in [2.45, 2.75) is 26.2 Å². The highest BCUT2D eigenvalue weighted by atomic mass is 16.6. The summed E-state index contributed by atoms with van der Waals surface area (Å²) in [5.41, 5.74) is 2.27. The van der Waals surface area contributed by atoms with E-state index < -0.39 is 4.92 Å². The van der Waals surface area contributed by atoms with Crippen molar-refractivity contribution in [1.29, 1.82) is 0 Å². The first kappa shape index (κ1) is 15.7. The first-order chi connectivity index (χ1) is 10.3. The Morgan fingerprint density at radius 1 is 1.00 bits per heavy atom. The molecule has 0 atom stereocenters. The molecule has 0 fully saturated rings. The van der Waals surface area contributed by atoms with Crippen LogP contribution in [0.25, 0.3) is 0 Å². The molecular formula is C17H18N2O3. The number of hydrogen-bond donors (Lipinski definition) is 1. The highest BCUT2D eigenvalue weighted by molar-refractivity contribution is 6.04. The van der Waals surface area contributed by atoms with Gasteiger partial charge in [0.1, 0.15) is 0 Å². The fourth-order valence-electron chi connectivity index (χ4n) is 1.99. The van der Waals surface area contributed by atoms with Crippen molar-refractivity contribution >= 4 is 17.3 Å². The van der Waals surface area contributed by atoms with E-state index in [4.69, 9.17) is 0 Å². The van der Waals surface area contributed by atoms with Crippen LogP contribution in [0.2, 0.25) is 0 Å². The van der Waals surface area contributed by atoms with Crippen LogP contribution in [-0.2, 0) is 5.41 Å². The van der Waals surface area contributed by atoms with Crippen LogP contribution in [-0.4, -0.2) is 10.8 Å². The molecule has 22 heavy (non-hydrogen) atoms. The van der Waals surface area contributed by atoms with Gasteiger partial charge in [0.25, 0.3) is 11.6 Å². The Morgan fingerprint density at radius 2 is 1.55 bits per heavy atom. The summed E-state index contributed by atoms with van der Waals surface area (Å²) in [7, 11) is 0. The normalized spacial score (nSPS) is 11.0. The Morgan fingerprint density at radius 3 is 2.00 bits per heavy atom. The number of benzene rings is 2. The molecule has 5 heteroatoms. The summed E-state index contributed by atoms with van der Waals surface area (Å²) in [6, 6.07) is 13.2. The van der Waals surface area contributed by atoms with E-state index in [9.17, 15) is 14.9 Å². The number of anilines is 1. The average molecular weight is 298 g/mol. The zero-order valence-electron chi connectivity index (χ0n) is 12.8. The number of nitro benzene ring substituents is 1. The van der Waals surface area contributed by atoms with Crippen molar-refractivity contribution in [1.82, 2.24) is 0 Å². The number of carbonyl (C=O) groups excluding carboxylic acids is 1. The second-order valence-corrected chi connectivity index (χ2v) is 6.09. The molecule has 5 nitrogen and oxygen atoms in total. The smallest absolute Gasteiger partial charge is 0.269 e. The number of non-ortho nitro benzene ring substituents is 1. The SMILES string of the molecule is CC(C)(C)c1ccc(NC(=O)c2ccc([N+](=O)[O-])cc2)cc1. The molecule has 0 aliphatic carbocycles. The number of rotatable bonds is 3. The van der Waals surface area contributed by atoms with Gasteiger partial charge < -0.3 is 5.32 Å². The number of amides is 1. The van der Waals surface area contributed by atoms with Crippen molar-refractivity contribution in [3.8, 4) is 0 Å². The predicted octanol–water partition coefficient (Wildman–Crippen LogP) is 4.14. The molecule has 1 amide bonds. The van der Waals surface area contributed by atoms with Crippen LogP contribution in [0.5, 0.6) is 0 Å². The number of nitrogens with one attached hydrogen (secondary N) is 1. The van der Waals surface area contributed by atoms with E-state index in [1.165, 1.54) is 29.8 Å². The number of nitro groups is 1. The maximum atomic E-state index is 12.1. The second kappa shape index (κ2) is 5.97. The minimum atomic E-state index is -0.493. The molecule has 0 aliphatic heterocycles. The highest BCUT2D eigenvalue weighted by Gasteiger charge is 2.14. The first-order valence-corrected chi connectivity index (χ1v) is 6.94. The molecule has 2 aromatic carbocycles. The molecule has 0 aromatic heterocycles. The van der Waals surface area contributed by atoms with Crippen molar-refractivity contribution in [2.24, 2.45) is 0 Å². The van der Waals surface area contributed by atoms with E-state index in [-0.39, 0.29) is 17.0 Å². The third-order valence-electron chi connectivity index (χ3n) is 3.35. The molecule has 114 valence electrons. The molecule has 2 rings (SSSR count). The Bertz CT molecular complexity index is 683. The molecule has 0 aliphatic rings. The fraction of sp³-hybridized carbons (Fsp3) is 0.235. The molecule has 0 spiro atoms. The summed E-state index contributed by atoms with van der Waals surface area (Å²) in [5.74, 6) is -0.293. The molecule has 2 aromatic rings. The monoisotopic (exact) mass is 298 g/mol. The minimum Gasteiger partial charge on any atom is -0.322 e. The van der Waals surface area contributed by atoms with Crippen LogP contribution in [0, 0.1) is 10.1 Å². The molecule has 0 unspecified atom stereocenters. The van der Waals surface area contributed by atoms with Gasteiger partial charge in [-0.05, 0) is 35.2 Å². The van der Waals surface area contributed by atoms with Crippen LogP contribution in [0.4, 0.5) is 11.4 Å². The molecule has 0 heterocycles. The first-order valence-electron chi connectivity index (χ1n) is 6.94. The molecule has 0 radical (unpaired) electrons. The van der Waals surface area contributed by atoms with Gasteiger partial charge >= 0.3 is 0 Å². The van der Waals surface area contributed by atoms with Crippen LogP contribution in [0.1, 0.15) is 36.7 Å². The van der Waals surface area contributed by atoms with E-state index in [0.717, 1.165) is 0 Å². The zero-order valence-corrected chi connectivity index (χ0v) is 12.8. The lowest BCUT2D eigenvalue weighted by molar-refractivity contribution is -0.384. The Hall–Kier alpha value is -2.69. The van der Waals surface area contributed by atoms with E-state index >= 15 is 0 Å². The van der Waals surface area contributed by atoms with Gasteiger partial charge in [0.15, 0.2) is 0 Å². The van der Waals surface area contributed by atoms with Gasteiger partial charge in [-0.15, -0.1) is 0 Å². The van der Waals surface area contributed by atoms with Gasteiger partial charge in [0.2, 0.25) is 0 Å². The lowest BCUT2D eigenvalue weighted by Gasteiger charge is -2.19. The summed E-state index contributed by atoms with van der Waals surface area (Å²) in [6.45, 7) is 6.37. The zero-order chi connectivity index (χ0) is 16.3. The van der Waals surface area contributed by atoms with E-state index in [1.54, 1.807) is 0 Å². The van der Waals surface area contributed by atoms with E-state index in [1.807, 2.05) is 24.3 Å². The van der Waals surface area contributed by atoms with Crippen molar-refractivity contribution in [2.75, 3.05) is 5.32 Å². The molecule has 0 bridgehead atoms. The molecular weight excluding hydrogens is 280 g/mol.